The van der Waals surface area contributed by atoms with Crippen LogP contribution in [0.5, 0.6) is 0 Å². The molecule has 1 atom stereocenters. The number of nitrogens with one attached hydrogen (secondary N) is 2. The van der Waals surface area contributed by atoms with Gasteiger partial charge in [-0.15, -0.1) is 0 Å². The van der Waals surface area contributed by atoms with Crippen molar-refractivity contribution in [1.82, 2.24) is 15.6 Å². The van der Waals surface area contributed by atoms with E-state index in [1.807, 2.05) is 12.1 Å². The summed E-state index contributed by atoms with van der Waals surface area (Å²) in [5.74, 6) is 0.955. The minimum atomic E-state index is -0.554. The Labute approximate surface area is 147 Å². The Morgan fingerprint density at radius 2 is 2.04 bits per heavy atom. The number of nitrogens with zero attached hydrogens (tertiary/aromatic N) is 2. The van der Waals surface area contributed by atoms with Gasteiger partial charge in [0.15, 0.2) is 0 Å². The summed E-state index contributed by atoms with van der Waals surface area (Å²) in [6, 6.07) is 12.2. The first kappa shape index (κ1) is 17.2. The maximum Gasteiger partial charge on any atom is 0.315 e. The number of aliphatic hydroxyl groups is 1. The van der Waals surface area contributed by atoms with Gasteiger partial charge in [0.2, 0.25) is 0 Å². The molecule has 2 aromatic rings. The quantitative estimate of drug-likeness (QED) is 0.776. The summed E-state index contributed by atoms with van der Waals surface area (Å²) in [4.78, 5) is 18.4. The molecule has 6 nitrogen and oxygen atoms in total. The van der Waals surface area contributed by atoms with Crippen molar-refractivity contribution in [2.45, 2.75) is 32.5 Å². The number of pyridine rings is 1. The minimum absolute atomic E-state index is 0.236. The number of aliphatic hydroxyl groups excluding tert-OH is 1. The SMILES string of the molecule is C[C@@H](O)CNC(=O)NCc1ccc(N2CCc3ccccc3C2)nc1. The molecule has 1 aromatic carbocycles. The van der Waals surface area contributed by atoms with Crippen molar-refractivity contribution in [3.63, 3.8) is 0 Å². The van der Waals surface area contributed by atoms with Gasteiger partial charge in [0.1, 0.15) is 5.82 Å². The summed E-state index contributed by atoms with van der Waals surface area (Å²) >= 11 is 0. The van der Waals surface area contributed by atoms with Gasteiger partial charge in [-0.05, 0) is 36.1 Å². The number of hydrogen-bond donors (Lipinski definition) is 3. The Morgan fingerprint density at radius 3 is 2.76 bits per heavy atom. The molecule has 0 unspecified atom stereocenters. The van der Waals surface area contributed by atoms with E-state index in [9.17, 15) is 4.79 Å². The molecule has 0 spiro atoms. The third kappa shape index (κ3) is 4.70. The van der Waals surface area contributed by atoms with Crippen LogP contribution in [0.1, 0.15) is 23.6 Å². The van der Waals surface area contributed by atoms with Crippen molar-refractivity contribution in [3.05, 3.63) is 59.3 Å². The zero-order valence-corrected chi connectivity index (χ0v) is 14.4. The molecule has 1 aliphatic heterocycles. The summed E-state index contributed by atoms with van der Waals surface area (Å²) in [6.45, 7) is 4.11. The normalized spacial score (nSPS) is 14.6. The second kappa shape index (κ2) is 7.98. The van der Waals surface area contributed by atoms with Crippen LogP contribution in [0, 0.1) is 0 Å². The second-order valence-corrected chi connectivity index (χ2v) is 6.38. The van der Waals surface area contributed by atoms with Crippen molar-refractivity contribution in [2.24, 2.45) is 0 Å². The highest BCUT2D eigenvalue weighted by atomic mass is 16.3. The van der Waals surface area contributed by atoms with E-state index < -0.39 is 6.10 Å². The number of urea groups is 1. The van der Waals surface area contributed by atoms with Crippen LogP contribution in [-0.4, -0.2) is 35.3 Å². The van der Waals surface area contributed by atoms with Crippen LogP contribution in [0.2, 0.25) is 0 Å². The van der Waals surface area contributed by atoms with Gasteiger partial charge in [-0.2, -0.15) is 0 Å². The van der Waals surface area contributed by atoms with E-state index in [1.165, 1.54) is 11.1 Å². The van der Waals surface area contributed by atoms with Crippen LogP contribution in [-0.2, 0) is 19.5 Å². The van der Waals surface area contributed by atoms with Crippen LogP contribution in [0.25, 0.3) is 0 Å². The molecule has 2 heterocycles. The zero-order valence-electron chi connectivity index (χ0n) is 14.4. The second-order valence-electron chi connectivity index (χ2n) is 6.38. The van der Waals surface area contributed by atoms with Crippen molar-refractivity contribution in [2.75, 3.05) is 18.0 Å². The number of amides is 2. The number of aromatic nitrogens is 1. The number of hydrogen-bond acceptors (Lipinski definition) is 4. The first-order valence-corrected chi connectivity index (χ1v) is 8.58. The van der Waals surface area contributed by atoms with E-state index in [2.05, 4.69) is 44.8 Å². The van der Waals surface area contributed by atoms with Crippen molar-refractivity contribution < 1.29 is 9.90 Å². The lowest BCUT2D eigenvalue weighted by atomic mass is 10.00. The molecular weight excluding hydrogens is 316 g/mol. The average Bonchev–Trinajstić information content (AvgIpc) is 2.64. The molecule has 1 aromatic heterocycles. The third-order valence-electron chi connectivity index (χ3n) is 4.27. The van der Waals surface area contributed by atoms with Gasteiger partial charge in [-0.25, -0.2) is 9.78 Å². The fraction of sp³-hybridized carbons (Fsp3) is 0.368. The largest absolute Gasteiger partial charge is 0.392 e. The van der Waals surface area contributed by atoms with E-state index in [1.54, 1.807) is 13.1 Å². The van der Waals surface area contributed by atoms with E-state index in [4.69, 9.17) is 5.11 Å². The van der Waals surface area contributed by atoms with Gasteiger partial charge in [-0.3, -0.25) is 0 Å². The number of carbonyl (C=O) groups is 1. The Balaban J connectivity index is 1.53. The standard InChI is InChI=1S/C19H24N4O2/c1-14(24)10-21-19(25)22-12-15-6-7-18(20-11-15)23-9-8-16-4-2-3-5-17(16)13-23/h2-7,11,14,24H,8-10,12-13H2,1H3,(H2,21,22,25)/t14-/m1/s1. The lowest BCUT2D eigenvalue weighted by Gasteiger charge is -2.29. The highest BCUT2D eigenvalue weighted by Gasteiger charge is 2.16. The average molecular weight is 340 g/mol. The Kier molecular flexibility index (Phi) is 5.50. The van der Waals surface area contributed by atoms with E-state index in [0.717, 1.165) is 30.9 Å². The van der Waals surface area contributed by atoms with Crippen LogP contribution < -0.4 is 15.5 Å². The lowest BCUT2D eigenvalue weighted by Crippen LogP contribution is -2.38. The molecule has 0 aliphatic carbocycles. The van der Waals surface area contributed by atoms with Gasteiger partial charge < -0.3 is 20.6 Å². The maximum atomic E-state index is 11.6. The molecule has 0 saturated heterocycles. The highest BCUT2D eigenvalue weighted by molar-refractivity contribution is 5.73. The van der Waals surface area contributed by atoms with E-state index in [-0.39, 0.29) is 12.6 Å². The van der Waals surface area contributed by atoms with E-state index in [0.29, 0.717) is 6.54 Å². The molecule has 0 bridgehead atoms. The van der Waals surface area contributed by atoms with Gasteiger partial charge in [0, 0.05) is 32.4 Å². The molecule has 3 rings (SSSR count). The first-order valence-electron chi connectivity index (χ1n) is 8.58. The molecule has 25 heavy (non-hydrogen) atoms. The summed E-state index contributed by atoms with van der Waals surface area (Å²) in [5.41, 5.74) is 3.72. The van der Waals surface area contributed by atoms with Crippen molar-refractivity contribution >= 4 is 11.8 Å². The van der Waals surface area contributed by atoms with Gasteiger partial charge in [-0.1, -0.05) is 30.3 Å². The smallest absolute Gasteiger partial charge is 0.315 e. The molecule has 2 amide bonds. The number of fused-ring (bicyclic) bond motifs is 1. The predicted octanol–water partition coefficient (Wildman–Crippen LogP) is 1.82. The molecule has 0 radical (unpaired) electrons. The Morgan fingerprint density at radius 1 is 1.24 bits per heavy atom. The van der Waals surface area contributed by atoms with Gasteiger partial charge >= 0.3 is 6.03 Å². The molecule has 0 fully saturated rings. The first-order chi connectivity index (χ1) is 12.1. The number of rotatable bonds is 5. The monoisotopic (exact) mass is 340 g/mol. The van der Waals surface area contributed by atoms with E-state index >= 15 is 0 Å². The molecule has 0 saturated carbocycles. The molecule has 3 N–H and O–H groups in total. The minimum Gasteiger partial charge on any atom is -0.392 e. The maximum absolute atomic E-state index is 11.6. The van der Waals surface area contributed by atoms with Crippen LogP contribution in [0.15, 0.2) is 42.6 Å². The zero-order chi connectivity index (χ0) is 17.6. The topological polar surface area (TPSA) is 77.5 Å². The number of anilines is 1. The summed E-state index contributed by atoms with van der Waals surface area (Å²) in [7, 11) is 0. The summed E-state index contributed by atoms with van der Waals surface area (Å²) in [5, 5.41) is 14.5. The highest BCUT2D eigenvalue weighted by Crippen LogP contribution is 2.22. The summed E-state index contributed by atoms with van der Waals surface area (Å²) in [6.07, 6.45) is 2.27. The molecular formula is C19H24N4O2. The molecule has 6 heteroatoms. The van der Waals surface area contributed by atoms with Crippen LogP contribution in [0.4, 0.5) is 10.6 Å². The van der Waals surface area contributed by atoms with Gasteiger partial charge in [0.25, 0.3) is 0 Å². The lowest BCUT2D eigenvalue weighted by molar-refractivity contribution is 0.187. The predicted molar refractivity (Wildman–Crippen MR) is 97.4 cm³/mol. The molecule has 132 valence electrons. The number of benzene rings is 1. The third-order valence-corrected chi connectivity index (χ3v) is 4.27. The fourth-order valence-electron chi connectivity index (χ4n) is 2.88. The van der Waals surface area contributed by atoms with Crippen molar-refractivity contribution in [1.29, 1.82) is 0 Å². The van der Waals surface area contributed by atoms with Crippen LogP contribution >= 0.6 is 0 Å². The Bertz CT molecular complexity index is 716. The number of carbonyl (C=O) groups excluding carboxylic acids is 1. The van der Waals surface area contributed by atoms with Gasteiger partial charge in [0.05, 0.1) is 6.10 Å². The Hall–Kier alpha value is -2.60. The molecule has 1 aliphatic rings. The van der Waals surface area contributed by atoms with Crippen LogP contribution in [0.3, 0.4) is 0 Å². The fourth-order valence-corrected chi connectivity index (χ4v) is 2.88. The van der Waals surface area contributed by atoms with Crippen molar-refractivity contribution in [3.8, 4) is 0 Å². The summed E-state index contributed by atoms with van der Waals surface area (Å²) < 4.78 is 0.